The number of methoxy groups -OCH3 is 1. The average Bonchev–Trinajstić information content (AvgIpc) is 2.72. The van der Waals surface area contributed by atoms with E-state index in [9.17, 15) is 13.2 Å². The van der Waals surface area contributed by atoms with Crippen LogP contribution in [0.25, 0.3) is 0 Å². The summed E-state index contributed by atoms with van der Waals surface area (Å²) in [6, 6.07) is 0.0711. The van der Waals surface area contributed by atoms with E-state index >= 15 is 0 Å². The van der Waals surface area contributed by atoms with E-state index in [-0.39, 0.29) is 46.5 Å². The normalized spacial score (nSPS) is 22.5. The molecule has 0 radical (unpaired) electrons. The number of hydrogen-bond acceptors (Lipinski definition) is 6. The van der Waals surface area contributed by atoms with Crippen LogP contribution in [-0.4, -0.2) is 51.0 Å². The molecule has 1 aromatic heterocycles. The molecule has 1 aliphatic rings. The van der Waals surface area contributed by atoms with Crippen molar-refractivity contribution < 1.29 is 22.4 Å². The number of carbonyl (C=O) groups excluding carboxylic acids is 1. The number of piperazine rings is 1. The van der Waals surface area contributed by atoms with Crippen LogP contribution in [0.3, 0.4) is 0 Å². The molecule has 0 aromatic carbocycles. The molecule has 1 fully saturated rings. The fraction of sp³-hybridized carbons (Fsp3) is 0.643. The second-order valence-corrected chi connectivity index (χ2v) is 7.58. The molecule has 1 saturated heterocycles. The Morgan fingerprint density at radius 1 is 1.22 bits per heavy atom. The van der Waals surface area contributed by atoms with Crippen LogP contribution in [0, 0.1) is 13.8 Å². The molecule has 0 saturated carbocycles. The Hall–Kier alpha value is -1.09. The molecular formula is C14H23ClN2O5S. The summed E-state index contributed by atoms with van der Waals surface area (Å²) in [6.45, 7) is 7.64. The van der Waals surface area contributed by atoms with Crippen LogP contribution in [0.15, 0.2) is 9.31 Å². The SMILES string of the molecule is COC(=O)c1c(C)oc(C)c1S(=O)(=O)N1CC(C)NC(C)C1.Cl. The van der Waals surface area contributed by atoms with Gasteiger partial charge in [-0.1, -0.05) is 0 Å². The number of furan rings is 1. The zero-order valence-corrected chi connectivity index (χ0v) is 15.5. The van der Waals surface area contributed by atoms with Crippen molar-refractivity contribution in [3.63, 3.8) is 0 Å². The van der Waals surface area contributed by atoms with Crippen molar-refractivity contribution in [1.29, 1.82) is 0 Å². The van der Waals surface area contributed by atoms with Crippen molar-refractivity contribution in [2.75, 3.05) is 20.2 Å². The molecule has 0 amide bonds. The molecule has 2 atom stereocenters. The highest BCUT2D eigenvalue weighted by Gasteiger charge is 2.38. The number of esters is 1. The molecule has 1 aliphatic heterocycles. The zero-order chi connectivity index (χ0) is 16.7. The molecule has 0 aliphatic carbocycles. The number of aryl methyl sites for hydroxylation is 2. The molecule has 1 N–H and O–H groups in total. The van der Waals surface area contributed by atoms with Gasteiger partial charge < -0.3 is 14.5 Å². The Labute approximate surface area is 142 Å². The second kappa shape index (κ2) is 7.21. The quantitative estimate of drug-likeness (QED) is 0.815. The average molecular weight is 367 g/mol. The summed E-state index contributed by atoms with van der Waals surface area (Å²) in [5.74, 6) is -0.250. The van der Waals surface area contributed by atoms with Crippen LogP contribution in [0.2, 0.25) is 0 Å². The number of ether oxygens (including phenoxy) is 1. The maximum Gasteiger partial charge on any atom is 0.342 e. The van der Waals surface area contributed by atoms with Gasteiger partial charge in [0, 0.05) is 25.2 Å². The van der Waals surface area contributed by atoms with E-state index in [2.05, 4.69) is 5.32 Å². The summed E-state index contributed by atoms with van der Waals surface area (Å²) in [5, 5.41) is 3.28. The number of halogens is 1. The van der Waals surface area contributed by atoms with Crippen LogP contribution in [0.4, 0.5) is 0 Å². The van der Waals surface area contributed by atoms with Gasteiger partial charge in [0.05, 0.1) is 7.11 Å². The highest BCUT2D eigenvalue weighted by Crippen LogP contribution is 2.30. The lowest BCUT2D eigenvalue weighted by Gasteiger charge is -2.35. The van der Waals surface area contributed by atoms with Crippen LogP contribution in [0.5, 0.6) is 0 Å². The van der Waals surface area contributed by atoms with Gasteiger partial charge in [-0.15, -0.1) is 12.4 Å². The zero-order valence-electron chi connectivity index (χ0n) is 13.9. The van der Waals surface area contributed by atoms with Crippen LogP contribution in [0.1, 0.15) is 35.7 Å². The number of carbonyl (C=O) groups is 1. The molecule has 132 valence electrons. The molecule has 2 unspecified atom stereocenters. The van der Waals surface area contributed by atoms with E-state index in [1.807, 2.05) is 13.8 Å². The summed E-state index contributed by atoms with van der Waals surface area (Å²) >= 11 is 0. The summed E-state index contributed by atoms with van der Waals surface area (Å²) in [5.41, 5.74) is -0.0150. The van der Waals surface area contributed by atoms with Gasteiger partial charge in [0.2, 0.25) is 10.0 Å². The second-order valence-electron chi connectivity index (χ2n) is 5.70. The topological polar surface area (TPSA) is 88.8 Å². The number of hydrogen-bond donors (Lipinski definition) is 1. The first-order valence-electron chi connectivity index (χ1n) is 7.13. The van der Waals surface area contributed by atoms with Gasteiger partial charge in [0.25, 0.3) is 0 Å². The van der Waals surface area contributed by atoms with E-state index in [1.165, 1.54) is 11.4 Å². The summed E-state index contributed by atoms with van der Waals surface area (Å²) in [7, 11) is -2.61. The van der Waals surface area contributed by atoms with Gasteiger partial charge in [-0.2, -0.15) is 4.31 Å². The standard InChI is InChI=1S/C14H22N2O5S.ClH/c1-8-6-16(7-9(2)15-8)22(18,19)13-11(4)21-10(3)12(13)14(17)20-5;/h8-9,15H,6-7H2,1-5H3;1H. The number of nitrogens with zero attached hydrogens (tertiary/aromatic N) is 1. The summed E-state index contributed by atoms with van der Waals surface area (Å²) in [4.78, 5) is 11.9. The van der Waals surface area contributed by atoms with Crippen LogP contribution >= 0.6 is 12.4 Å². The minimum Gasteiger partial charge on any atom is -0.465 e. The van der Waals surface area contributed by atoms with Gasteiger partial charge in [-0.25, -0.2) is 13.2 Å². The first-order valence-corrected chi connectivity index (χ1v) is 8.57. The Bertz CT molecular complexity index is 676. The third kappa shape index (κ3) is 3.71. The molecular weight excluding hydrogens is 344 g/mol. The Balaban J connectivity index is 0.00000264. The molecule has 2 rings (SSSR count). The summed E-state index contributed by atoms with van der Waals surface area (Å²) < 4.78 is 37.4. The maximum atomic E-state index is 13.0. The smallest absolute Gasteiger partial charge is 0.342 e. The molecule has 0 spiro atoms. The third-order valence-electron chi connectivity index (χ3n) is 3.72. The Kier molecular flexibility index (Phi) is 6.25. The third-order valence-corrected chi connectivity index (χ3v) is 5.70. The van der Waals surface area contributed by atoms with E-state index in [4.69, 9.17) is 9.15 Å². The van der Waals surface area contributed by atoms with Gasteiger partial charge >= 0.3 is 5.97 Å². The van der Waals surface area contributed by atoms with Crippen LogP contribution in [-0.2, 0) is 14.8 Å². The van der Waals surface area contributed by atoms with Gasteiger partial charge in [0.1, 0.15) is 22.0 Å². The first-order chi connectivity index (χ1) is 10.2. The van der Waals surface area contributed by atoms with Crippen molar-refractivity contribution in [3.05, 3.63) is 17.1 Å². The molecule has 2 heterocycles. The highest BCUT2D eigenvalue weighted by molar-refractivity contribution is 7.89. The minimum atomic E-state index is -3.82. The van der Waals surface area contributed by atoms with Gasteiger partial charge in [0.15, 0.2) is 0 Å². The van der Waals surface area contributed by atoms with E-state index in [0.29, 0.717) is 13.1 Å². The number of rotatable bonds is 3. The monoisotopic (exact) mass is 366 g/mol. The highest BCUT2D eigenvalue weighted by atomic mass is 35.5. The van der Waals surface area contributed by atoms with Crippen molar-refractivity contribution in [2.45, 2.75) is 44.7 Å². The van der Waals surface area contributed by atoms with Crippen LogP contribution < -0.4 is 5.32 Å². The lowest BCUT2D eigenvalue weighted by atomic mass is 10.2. The Morgan fingerprint density at radius 3 is 2.22 bits per heavy atom. The van der Waals surface area contributed by atoms with E-state index in [0.717, 1.165) is 0 Å². The fourth-order valence-corrected chi connectivity index (χ4v) is 4.90. The predicted molar refractivity (Wildman–Crippen MR) is 87.6 cm³/mol. The molecule has 9 heteroatoms. The predicted octanol–water partition coefficient (Wildman–Crippen LogP) is 1.48. The van der Waals surface area contributed by atoms with E-state index in [1.54, 1.807) is 13.8 Å². The lowest BCUT2D eigenvalue weighted by molar-refractivity contribution is 0.0594. The number of sulfonamides is 1. The summed E-state index contributed by atoms with van der Waals surface area (Å²) in [6.07, 6.45) is 0. The molecule has 0 bridgehead atoms. The maximum absolute atomic E-state index is 13.0. The van der Waals surface area contributed by atoms with Gasteiger partial charge in [-0.05, 0) is 27.7 Å². The first kappa shape index (κ1) is 20.0. The fourth-order valence-electron chi connectivity index (χ4n) is 2.91. The largest absolute Gasteiger partial charge is 0.465 e. The van der Waals surface area contributed by atoms with Gasteiger partial charge in [-0.3, -0.25) is 0 Å². The number of nitrogens with one attached hydrogen (secondary N) is 1. The van der Waals surface area contributed by atoms with Crippen molar-refractivity contribution in [3.8, 4) is 0 Å². The Morgan fingerprint density at radius 2 is 1.74 bits per heavy atom. The minimum absolute atomic E-state index is 0. The molecule has 23 heavy (non-hydrogen) atoms. The molecule has 7 nitrogen and oxygen atoms in total. The van der Waals surface area contributed by atoms with Crippen molar-refractivity contribution >= 4 is 28.4 Å². The van der Waals surface area contributed by atoms with Crippen molar-refractivity contribution in [2.24, 2.45) is 0 Å². The molecule has 1 aromatic rings. The van der Waals surface area contributed by atoms with Crippen molar-refractivity contribution in [1.82, 2.24) is 9.62 Å². The van der Waals surface area contributed by atoms with E-state index < -0.39 is 16.0 Å². The lowest BCUT2D eigenvalue weighted by Crippen LogP contribution is -2.55.